The Hall–Kier alpha value is -2.29. The van der Waals surface area contributed by atoms with Crippen LogP contribution in [0.3, 0.4) is 0 Å². The predicted octanol–water partition coefficient (Wildman–Crippen LogP) is 4.09. The molecule has 0 bridgehead atoms. The average molecular weight is 383 g/mol. The van der Waals surface area contributed by atoms with Gasteiger partial charge in [-0.15, -0.1) is 0 Å². The van der Waals surface area contributed by atoms with E-state index >= 15 is 0 Å². The van der Waals surface area contributed by atoms with Gasteiger partial charge in [0.2, 0.25) is 0 Å². The number of hydrogen-bond donors (Lipinski definition) is 1. The quantitative estimate of drug-likeness (QED) is 0.620. The molecule has 3 rings (SSSR count). The van der Waals surface area contributed by atoms with Crippen molar-refractivity contribution in [3.8, 4) is 0 Å². The summed E-state index contributed by atoms with van der Waals surface area (Å²) in [5.74, 6) is -0.380. The van der Waals surface area contributed by atoms with Crippen LogP contribution in [0.4, 0.5) is 19.0 Å². The van der Waals surface area contributed by atoms with Crippen LogP contribution in [0.25, 0.3) is 0 Å². The van der Waals surface area contributed by atoms with Gasteiger partial charge < -0.3 is 10.0 Å². The van der Waals surface area contributed by atoms with E-state index in [2.05, 4.69) is 9.97 Å². The minimum Gasteiger partial charge on any atom is -0.478 e. The third-order valence-electron chi connectivity index (χ3n) is 3.98. The number of hydrogen-bond acceptors (Lipinski definition) is 5. The summed E-state index contributed by atoms with van der Waals surface area (Å²) in [5.41, 5.74) is -0.00718. The summed E-state index contributed by atoms with van der Waals surface area (Å²) in [7, 11) is 0. The number of aromatic nitrogens is 2. The van der Waals surface area contributed by atoms with E-state index < -0.39 is 17.8 Å². The highest BCUT2D eigenvalue weighted by Crippen LogP contribution is 2.33. The fraction of sp³-hybridized carbons (Fsp3) is 0.353. The second-order valence-electron chi connectivity index (χ2n) is 5.88. The fourth-order valence-corrected chi connectivity index (χ4v) is 3.43. The van der Waals surface area contributed by atoms with E-state index in [0.29, 0.717) is 24.7 Å². The lowest BCUT2D eigenvalue weighted by Crippen LogP contribution is -2.21. The second kappa shape index (κ2) is 7.53. The molecule has 138 valence electrons. The Balaban J connectivity index is 1.79. The SMILES string of the molecule is O=C(O)c1ccc(CSc2nc(N3CCCC3)cc(C(F)(F)F)n2)cc1. The standard InChI is InChI=1S/C17H16F3N3O2S/c18-17(19,20)13-9-14(23-7-1-2-8-23)22-16(21-13)26-10-11-3-5-12(6-4-11)15(24)25/h3-6,9H,1-2,7-8,10H2,(H,24,25). The van der Waals surface area contributed by atoms with E-state index in [1.165, 1.54) is 12.1 Å². The smallest absolute Gasteiger partial charge is 0.433 e. The lowest BCUT2D eigenvalue weighted by Gasteiger charge is -2.18. The van der Waals surface area contributed by atoms with E-state index in [1.807, 2.05) is 4.90 Å². The number of rotatable bonds is 5. The third-order valence-corrected chi connectivity index (χ3v) is 4.90. The number of alkyl halides is 3. The van der Waals surface area contributed by atoms with Crippen LogP contribution >= 0.6 is 11.8 Å². The Morgan fingerprint density at radius 2 is 1.81 bits per heavy atom. The van der Waals surface area contributed by atoms with Gasteiger partial charge in [0.15, 0.2) is 10.9 Å². The van der Waals surface area contributed by atoms with Crippen molar-refractivity contribution >= 4 is 23.5 Å². The number of halogens is 3. The zero-order valence-electron chi connectivity index (χ0n) is 13.7. The van der Waals surface area contributed by atoms with Gasteiger partial charge in [-0.05, 0) is 30.5 Å². The summed E-state index contributed by atoms with van der Waals surface area (Å²) < 4.78 is 39.4. The van der Waals surface area contributed by atoms with Crippen LogP contribution in [0.5, 0.6) is 0 Å². The maximum absolute atomic E-state index is 13.1. The van der Waals surface area contributed by atoms with Crippen LogP contribution in [0.1, 0.15) is 34.5 Å². The van der Waals surface area contributed by atoms with E-state index in [1.54, 1.807) is 12.1 Å². The van der Waals surface area contributed by atoms with Crippen LogP contribution in [-0.2, 0) is 11.9 Å². The normalized spacial score (nSPS) is 14.7. The number of nitrogens with zero attached hydrogens (tertiary/aromatic N) is 3. The minimum atomic E-state index is -4.53. The van der Waals surface area contributed by atoms with Crippen LogP contribution < -0.4 is 4.90 Å². The highest BCUT2D eigenvalue weighted by Gasteiger charge is 2.34. The Labute approximate surface area is 152 Å². The Kier molecular flexibility index (Phi) is 5.36. The van der Waals surface area contributed by atoms with Gasteiger partial charge in [-0.2, -0.15) is 13.2 Å². The molecule has 0 unspecified atom stereocenters. The van der Waals surface area contributed by atoms with Crippen molar-refractivity contribution in [1.29, 1.82) is 0 Å². The van der Waals surface area contributed by atoms with Crippen LogP contribution in [-0.4, -0.2) is 34.1 Å². The summed E-state index contributed by atoms with van der Waals surface area (Å²) in [5, 5.41) is 8.95. The molecule has 0 atom stereocenters. The monoisotopic (exact) mass is 383 g/mol. The first-order chi connectivity index (χ1) is 12.3. The van der Waals surface area contributed by atoms with Crippen LogP contribution in [0.2, 0.25) is 0 Å². The summed E-state index contributed by atoms with van der Waals surface area (Å²) in [6.45, 7) is 1.38. The Morgan fingerprint density at radius 1 is 1.15 bits per heavy atom. The minimum absolute atomic E-state index is 0.0593. The maximum atomic E-state index is 13.1. The van der Waals surface area contributed by atoms with Gasteiger partial charge in [0.1, 0.15) is 5.82 Å². The molecular formula is C17H16F3N3O2S. The summed E-state index contributed by atoms with van der Waals surface area (Å²) in [6.07, 6.45) is -2.66. The molecule has 9 heteroatoms. The molecular weight excluding hydrogens is 367 g/mol. The second-order valence-corrected chi connectivity index (χ2v) is 6.82. The average Bonchev–Trinajstić information content (AvgIpc) is 3.14. The molecule has 1 aromatic heterocycles. The van der Waals surface area contributed by atoms with Crippen molar-refractivity contribution < 1.29 is 23.1 Å². The van der Waals surface area contributed by atoms with Crippen molar-refractivity contribution in [2.45, 2.75) is 29.9 Å². The predicted molar refractivity (Wildman–Crippen MR) is 91.4 cm³/mol. The Morgan fingerprint density at radius 3 is 2.38 bits per heavy atom. The first kappa shape index (κ1) is 18.5. The molecule has 0 radical (unpaired) electrons. The molecule has 1 aliphatic heterocycles. The Bertz CT molecular complexity index is 791. The zero-order valence-corrected chi connectivity index (χ0v) is 14.5. The van der Waals surface area contributed by atoms with Gasteiger partial charge in [-0.1, -0.05) is 23.9 Å². The zero-order chi connectivity index (χ0) is 18.7. The van der Waals surface area contributed by atoms with Gasteiger partial charge in [-0.3, -0.25) is 0 Å². The van der Waals surface area contributed by atoms with Crippen molar-refractivity contribution in [2.24, 2.45) is 0 Å². The molecule has 0 spiro atoms. The molecule has 26 heavy (non-hydrogen) atoms. The van der Waals surface area contributed by atoms with E-state index in [9.17, 15) is 18.0 Å². The number of thioether (sulfide) groups is 1. The highest BCUT2D eigenvalue weighted by molar-refractivity contribution is 7.98. The molecule has 1 fully saturated rings. The number of carboxylic acid groups (broad SMARTS) is 1. The fourth-order valence-electron chi connectivity index (χ4n) is 2.62. The van der Waals surface area contributed by atoms with Crippen molar-refractivity contribution in [2.75, 3.05) is 18.0 Å². The number of carboxylic acids is 1. The molecule has 5 nitrogen and oxygen atoms in total. The number of carbonyl (C=O) groups is 1. The first-order valence-corrected chi connectivity index (χ1v) is 8.98. The molecule has 1 N–H and O–H groups in total. The van der Waals surface area contributed by atoms with E-state index in [4.69, 9.17) is 5.11 Å². The van der Waals surface area contributed by atoms with E-state index in [0.717, 1.165) is 36.2 Å². The van der Waals surface area contributed by atoms with Crippen molar-refractivity contribution in [3.05, 3.63) is 47.2 Å². The maximum Gasteiger partial charge on any atom is 0.433 e. The molecule has 1 saturated heterocycles. The highest BCUT2D eigenvalue weighted by atomic mass is 32.2. The van der Waals surface area contributed by atoms with Crippen molar-refractivity contribution in [1.82, 2.24) is 9.97 Å². The lowest BCUT2D eigenvalue weighted by molar-refractivity contribution is -0.141. The molecule has 0 aliphatic carbocycles. The van der Waals surface area contributed by atoms with Gasteiger partial charge in [0.25, 0.3) is 0 Å². The molecule has 1 aliphatic rings. The summed E-state index contributed by atoms with van der Waals surface area (Å²) >= 11 is 1.09. The topological polar surface area (TPSA) is 66.3 Å². The lowest BCUT2D eigenvalue weighted by atomic mass is 10.1. The van der Waals surface area contributed by atoms with Gasteiger partial charge in [0, 0.05) is 24.9 Å². The first-order valence-electron chi connectivity index (χ1n) is 7.99. The van der Waals surface area contributed by atoms with Gasteiger partial charge >= 0.3 is 12.1 Å². The number of anilines is 1. The molecule has 0 saturated carbocycles. The number of benzene rings is 1. The van der Waals surface area contributed by atoms with Gasteiger partial charge in [-0.25, -0.2) is 14.8 Å². The molecule has 2 aromatic rings. The van der Waals surface area contributed by atoms with Crippen LogP contribution in [0.15, 0.2) is 35.5 Å². The van der Waals surface area contributed by atoms with Crippen molar-refractivity contribution in [3.63, 3.8) is 0 Å². The van der Waals surface area contributed by atoms with Gasteiger partial charge in [0.05, 0.1) is 5.56 Å². The summed E-state index contributed by atoms with van der Waals surface area (Å²) in [6, 6.07) is 7.18. The van der Waals surface area contributed by atoms with Crippen LogP contribution in [0, 0.1) is 0 Å². The summed E-state index contributed by atoms with van der Waals surface area (Å²) in [4.78, 5) is 20.6. The third kappa shape index (κ3) is 4.46. The number of aromatic carboxylic acids is 1. The molecule has 0 amide bonds. The van der Waals surface area contributed by atoms with E-state index in [-0.39, 0.29) is 10.7 Å². The molecule has 2 heterocycles. The largest absolute Gasteiger partial charge is 0.478 e. The molecule has 1 aromatic carbocycles.